The van der Waals surface area contributed by atoms with Crippen LogP contribution in [0.3, 0.4) is 0 Å². The summed E-state index contributed by atoms with van der Waals surface area (Å²) in [6, 6.07) is 15.9. The molecule has 0 unspecified atom stereocenters. The van der Waals surface area contributed by atoms with Gasteiger partial charge in [0.1, 0.15) is 11.5 Å². The molecular weight excluding hydrogens is 387 g/mol. The van der Waals surface area contributed by atoms with Gasteiger partial charge in [-0.3, -0.25) is 0 Å². The van der Waals surface area contributed by atoms with Crippen LogP contribution >= 0.6 is 0 Å². The number of tetrazole rings is 1. The summed E-state index contributed by atoms with van der Waals surface area (Å²) < 4.78 is 5.81. The molecule has 0 bridgehead atoms. The van der Waals surface area contributed by atoms with Crippen molar-refractivity contribution < 1.29 is 40.8 Å². The van der Waals surface area contributed by atoms with E-state index in [1.807, 2.05) is 30.3 Å². The van der Waals surface area contributed by atoms with E-state index in [0.29, 0.717) is 12.4 Å². The van der Waals surface area contributed by atoms with Crippen LogP contribution in [0.1, 0.15) is 57.9 Å². The molecule has 0 atom stereocenters. The fraction of sp³-hybridized carbons (Fsp3) is 0.435. The van der Waals surface area contributed by atoms with Crippen molar-refractivity contribution in [2.24, 2.45) is 0 Å². The Hall–Kier alpha value is -1.89. The minimum Gasteiger partial charge on any atom is -1.00 e. The number of aromatic hydroxyl groups is 1. The Labute approximate surface area is 202 Å². The van der Waals surface area contributed by atoms with Crippen LogP contribution in [-0.2, 0) is 18.3 Å². The van der Waals surface area contributed by atoms with Crippen LogP contribution in [0.2, 0.25) is 0 Å². The van der Waals surface area contributed by atoms with Gasteiger partial charge in [-0.25, -0.2) is 0 Å². The molecule has 0 aliphatic carbocycles. The van der Waals surface area contributed by atoms with E-state index in [9.17, 15) is 5.11 Å². The molecular formula is C23H31N4NaO2. The molecule has 0 spiro atoms. The third kappa shape index (κ3) is 7.42. The molecule has 2 aromatic carbocycles. The van der Waals surface area contributed by atoms with E-state index >= 15 is 0 Å². The number of hydrogen-bond acceptors (Lipinski definition) is 5. The van der Waals surface area contributed by atoms with E-state index in [1.165, 1.54) is 5.56 Å². The molecule has 2 N–H and O–H groups in total. The normalized spacial score (nSPS) is 11.1. The predicted molar refractivity (Wildman–Crippen MR) is 114 cm³/mol. The van der Waals surface area contributed by atoms with Crippen molar-refractivity contribution in [3.63, 3.8) is 0 Å². The summed E-state index contributed by atoms with van der Waals surface area (Å²) in [6.07, 6.45) is 5.85. The quantitative estimate of drug-likeness (QED) is 0.366. The standard InChI is InChI=1S/C23H30N4O2.Na.H/c1-23(2,22-24-26-27-25-22)15-7-4-8-16-29-20-14-13-19(21(28)17-20)12-11-18-9-5-3-6-10-18;;/h3,5-6,9-10,13-14,17,28H,4,7-8,11-12,15-16H2,1-2H3,(H,24,25,26,27);;/q;+1;-1. The van der Waals surface area contributed by atoms with E-state index in [2.05, 4.69) is 46.6 Å². The van der Waals surface area contributed by atoms with E-state index < -0.39 is 0 Å². The zero-order valence-electron chi connectivity index (χ0n) is 19.3. The maximum Gasteiger partial charge on any atom is 1.00 e. The molecule has 1 heterocycles. The van der Waals surface area contributed by atoms with Gasteiger partial charge in [-0.2, -0.15) is 5.21 Å². The minimum absolute atomic E-state index is 0. The van der Waals surface area contributed by atoms with Crippen LogP contribution in [0, 0.1) is 0 Å². The van der Waals surface area contributed by atoms with Crippen LogP contribution in [-0.4, -0.2) is 32.3 Å². The molecule has 3 rings (SSSR count). The maximum atomic E-state index is 10.3. The molecule has 0 saturated carbocycles. The van der Waals surface area contributed by atoms with E-state index in [4.69, 9.17) is 4.74 Å². The minimum atomic E-state index is -0.0742. The monoisotopic (exact) mass is 418 g/mol. The van der Waals surface area contributed by atoms with Gasteiger partial charge in [0.2, 0.25) is 0 Å². The molecule has 1 aromatic heterocycles. The molecule has 0 amide bonds. The molecule has 3 aromatic rings. The number of nitrogens with one attached hydrogen (secondary N) is 1. The smallest absolute Gasteiger partial charge is 1.00 e. The summed E-state index contributed by atoms with van der Waals surface area (Å²) in [5.74, 6) is 1.79. The number of aromatic nitrogens is 4. The van der Waals surface area contributed by atoms with Gasteiger partial charge in [-0.15, -0.1) is 10.2 Å². The molecule has 30 heavy (non-hydrogen) atoms. The summed E-state index contributed by atoms with van der Waals surface area (Å²) in [4.78, 5) is 0. The number of rotatable bonds is 11. The van der Waals surface area contributed by atoms with Crippen molar-refractivity contribution in [1.82, 2.24) is 20.6 Å². The van der Waals surface area contributed by atoms with Crippen LogP contribution < -0.4 is 34.3 Å². The van der Waals surface area contributed by atoms with Gasteiger partial charge < -0.3 is 11.3 Å². The van der Waals surface area contributed by atoms with Gasteiger partial charge in [0.05, 0.1) is 6.61 Å². The number of aromatic amines is 1. The van der Waals surface area contributed by atoms with Crippen LogP contribution in [0.25, 0.3) is 0 Å². The second kappa shape index (κ2) is 12.1. The van der Waals surface area contributed by atoms with Crippen molar-refractivity contribution in [3.05, 3.63) is 65.5 Å². The molecule has 6 nitrogen and oxygen atoms in total. The first-order valence-corrected chi connectivity index (χ1v) is 10.3. The summed E-state index contributed by atoms with van der Waals surface area (Å²) >= 11 is 0. The first-order chi connectivity index (χ1) is 14.0. The van der Waals surface area contributed by atoms with E-state index in [-0.39, 0.29) is 36.4 Å². The van der Waals surface area contributed by atoms with Gasteiger partial charge >= 0.3 is 29.6 Å². The molecule has 0 fully saturated rings. The Balaban J connectivity index is 0.00000240. The summed E-state index contributed by atoms with van der Waals surface area (Å²) in [6.45, 7) is 4.92. The summed E-state index contributed by atoms with van der Waals surface area (Å²) in [5, 5.41) is 24.6. The fourth-order valence-corrected chi connectivity index (χ4v) is 3.36. The Morgan fingerprint density at radius 3 is 2.53 bits per heavy atom. The number of ether oxygens (including phenoxy) is 1. The number of hydrogen-bond donors (Lipinski definition) is 2. The molecule has 0 saturated heterocycles. The van der Waals surface area contributed by atoms with E-state index in [1.54, 1.807) is 6.07 Å². The molecule has 0 aliphatic rings. The Kier molecular flexibility index (Phi) is 9.82. The Morgan fingerprint density at radius 2 is 1.83 bits per heavy atom. The number of phenols is 1. The largest absolute Gasteiger partial charge is 1.00 e. The molecule has 0 aliphatic heterocycles. The van der Waals surface area contributed by atoms with Gasteiger partial charge in [0.15, 0.2) is 5.82 Å². The average molecular weight is 419 g/mol. The van der Waals surface area contributed by atoms with Crippen molar-refractivity contribution >= 4 is 0 Å². The van der Waals surface area contributed by atoms with Gasteiger partial charge in [-0.05, 0) is 42.9 Å². The van der Waals surface area contributed by atoms with Gasteiger partial charge in [0, 0.05) is 11.5 Å². The molecule has 156 valence electrons. The van der Waals surface area contributed by atoms with Crippen molar-refractivity contribution in [1.29, 1.82) is 0 Å². The number of nitrogens with zero attached hydrogens (tertiary/aromatic N) is 3. The van der Waals surface area contributed by atoms with Gasteiger partial charge in [-0.1, -0.05) is 68.3 Å². The van der Waals surface area contributed by atoms with Crippen molar-refractivity contribution in [3.8, 4) is 11.5 Å². The van der Waals surface area contributed by atoms with Crippen molar-refractivity contribution in [2.75, 3.05) is 6.61 Å². The molecule has 7 heteroatoms. The van der Waals surface area contributed by atoms with Crippen LogP contribution in [0.5, 0.6) is 11.5 Å². The summed E-state index contributed by atoms with van der Waals surface area (Å²) in [7, 11) is 0. The molecule has 0 radical (unpaired) electrons. The predicted octanol–water partition coefficient (Wildman–Crippen LogP) is 1.72. The van der Waals surface area contributed by atoms with E-state index in [0.717, 1.165) is 55.7 Å². The zero-order chi connectivity index (χ0) is 20.5. The Bertz CT molecular complexity index is 877. The average Bonchev–Trinajstić information content (AvgIpc) is 3.27. The number of unbranched alkanes of at least 4 members (excludes halogenated alkanes) is 2. The fourth-order valence-electron chi connectivity index (χ4n) is 3.36. The Morgan fingerprint density at radius 1 is 1.03 bits per heavy atom. The second-order valence-corrected chi connectivity index (χ2v) is 8.05. The maximum absolute atomic E-state index is 10.3. The van der Waals surface area contributed by atoms with Crippen LogP contribution in [0.4, 0.5) is 0 Å². The topological polar surface area (TPSA) is 83.9 Å². The number of H-pyrrole nitrogens is 1. The SMILES string of the molecule is CC(C)(CCCCCOc1ccc(CCc2ccccc2)c(O)c1)c1nn[nH]n1.[H-].[Na+]. The number of aryl methyl sites for hydroxylation is 2. The second-order valence-electron chi connectivity index (χ2n) is 8.05. The summed E-state index contributed by atoms with van der Waals surface area (Å²) in [5.41, 5.74) is 2.15. The van der Waals surface area contributed by atoms with Crippen LogP contribution in [0.15, 0.2) is 48.5 Å². The third-order valence-electron chi connectivity index (χ3n) is 5.25. The van der Waals surface area contributed by atoms with Crippen molar-refractivity contribution in [2.45, 2.75) is 57.8 Å². The number of phenolic OH excluding ortho intramolecular Hbond substituents is 1. The first kappa shape index (κ1) is 24.4. The van der Waals surface area contributed by atoms with Gasteiger partial charge in [0.25, 0.3) is 0 Å². The first-order valence-electron chi connectivity index (χ1n) is 10.3. The third-order valence-corrected chi connectivity index (χ3v) is 5.25. The zero-order valence-corrected chi connectivity index (χ0v) is 20.3. The number of benzene rings is 2.